The molecule has 3 rings (SSSR count). The zero-order valence-electron chi connectivity index (χ0n) is 11.4. The lowest BCUT2D eigenvalue weighted by Gasteiger charge is -2.32. The lowest BCUT2D eigenvalue weighted by atomic mass is 9.91. The van der Waals surface area contributed by atoms with Crippen molar-refractivity contribution in [1.82, 2.24) is 0 Å². The molecule has 1 aromatic rings. The van der Waals surface area contributed by atoms with Crippen molar-refractivity contribution in [2.75, 3.05) is 7.11 Å². The summed E-state index contributed by atoms with van der Waals surface area (Å²) in [4.78, 5) is 0. The number of aromatic hydroxyl groups is 1. The van der Waals surface area contributed by atoms with E-state index in [1.165, 1.54) is 13.2 Å². The summed E-state index contributed by atoms with van der Waals surface area (Å²) in [6, 6.07) is 6.73. The lowest BCUT2D eigenvalue weighted by Crippen LogP contribution is -2.26. The fourth-order valence-corrected chi connectivity index (χ4v) is 2.54. The zero-order valence-corrected chi connectivity index (χ0v) is 11.4. The number of phenolic OH excluding ortho intramolecular Hbond substituents is 1. The fourth-order valence-electron chi connectivity index (χ4n) is 2.54. The molecule has 1 aromatic carbocycles. The Morgan fingerprint density at radius 1 is 1.10 bits per heavy atom. The Morgan fingerprint density at radius 3 is 2.48 bits per heavy atom. The first-order chi connectivity index (χ1) is 10.1. The molecular formula is C16H16O5. The van der Waals surface area contributed by atoms with Gasteiger partial charge in [-0.05, 0) is 29.8 Å². The van der Waals surface area contributed by atoms with Crippen LogP contribution >= 0.6 is 0 Å². The third-order valence-electron chi connectivity index (χ3n) is 3.63. The predicted molar refractivity (Wildman–Crippen MR) is 75.3 cm³/mol. The van der Waals surface area contributed by atoms with Gasteiger partial charge in [-0.3, -0.25) is 0 Å². The quantitative estimate of drug-likeness (QED) is 0.728. The number of benzene rings is 1. The largest absolute Gasteiger partial charge is 0.508 e. The number of phenols is 1. The SMILES string of the molecule is COC1=C(O)C(O)C=C2OC(c3ccc(O)cc3)C=CC21. The first kappa shape index (κ1) is 13.6. The van der Waals surface area contributed by atoms with Gasteiger partial charge in [0.2, 0.25) is 0 Å². The van der Waals surface area contributed by atoms with Crippen LogP contribution in [0.5, 0.6) is 5.75 Å². The minimum atomic E-state index is -1.13. The molecule has 3 unspecified atom stereocenters. The highest BCUT2D eigenvalue weighted by atomic mass is 16.5. The maximum absolute atomic E-state index is 9.83. The number of rotatable bonds is 2. The van der Waals surface area contributed by atoms with E-state index in [4.69, 9.17) is 9.47 Å². The molecule has 0 radical (unpaired) electrons. The van der Waals surface area contributed by atoms with Crippen LogP contribution in [-0.2, 0) is 9.47 Å². The normalized spacial score (nSPS) is 27.7. The fraction of sp³-hybridized carbons (Fsp3) is 0.250. The van der Waals surface area contributed by atoms with Crippen molar-refractivity contribution in [1.29, 1.82) is 0 Å². The van der Waals surface area contributed by atoms with Gasteiger partial charge < -0.3 is 24.8 Å². The van der Waals surface area contributed by atoms with E-state index in [0.29, 0.717) is 11.5 Å². The van der Waals surface area contributed by atoms with Crippen molar-refractivity contribution in [3.63, 3.8) is 0 Å². The molecule has 0 saturated heterocycles. The van der Waals surface area contributed by atoms with E-state index in [1.807, 2.05) is 12.2 Å². The van der Waals surface area contributed by atoms with E-state index in [1.54, 1.807) is 24.3 Å². The molecule has 0 aromatic heterocycles. The van der Waals surface area contributed by atoms with Crippen LogP contribution in [0.25, 0.3) is 0 Å². The highest BCUT2D eigenvalue weighted by Crippen LogP contribution is 2.39. The number of hydrogen-bond acceptors (Lipinski definition) is 5. The van der Waals surface area contributed by atoms with Gasteiger partial charge >= 0.3 is 0 Å². The molecule has 1 aliphatic carbocycles. The van der Waals surface area contributed by atoms with Gasteiger partial charge in [0.15, 0.2) is 11.5 Å². The van der Waals surface area contributed by atoms with Crippen molar-refractivity contribution < 1.29 is 24.8 Å². The first-order valence-corrected chi connectivity index (χ1v) is 6.61. The molecular weight excluding hydrogens is 272 g/mol. The van der Waals surface area contributed by atoms with E-state index in [0.717, 1.165) is 5.56 Å². The van der Waals surface area contributed by atoms with Gasteiger partial charge in [-0.2, -0.15) is 0 Å². The van der Waals surface area contributed by atoms with Gasteiger partial charge in [-0.15, -0.1) is 0 Å². The van der Waals surface area contributed by atoms with Crippen LogP contribution in [0.2, 0.25) is 0 Å². The monoisotopic (exact) mass is 288 g/mol. The van der Waals surface area contributed by atoms with Crippen molar-refractivity contribution >= 4 is 0 Å². The van der Waals surface area contributed by atoms with Crippen LogP contribution in [0, 0.1) is 5.92 Å². The van der Waals surface area contributed by atoms with E-state index in [2.05, 4.69) is 0 Å². The molecule has 21 heavy (non-hydrogen) atoms. The molecule has 3 atom stereocenters. The second kappa shape index (κ2) is 5.18. The molecule has 110 valence electrons. The molecule has 1 aliphatic heterocycles. The Balaban J connectivity index is 1.91. The summed E-state index contributed by atoms with van der Waals surface area (Å²) in [6.07, 6.45) is 3.77. The van der Waals surface area contributed by atoms with Crippen LogP contribution in [0.3, 0.4) is 0 Å². The Hall–Kier alpha value is -2.40. The molecule has 0 amide bonds. The number of aliphatic hydroxyl groups excluding tert-OH is 2. The van der Waals surface area contributed by atoms with Crippen LogP contribution in [-0.4, -0.2) is 28.5 Å². The minimum absolute atomic E-state index is 0.192. The van der Waals surface area contributed by atoms with Crippen molar-refractivity contribution in [3.8, 4) is 5.75 Å². The minimum Gasteiger partial charge on any atom is -0.508 e. The lowest BCUT2D eigenvalue weighted by molar-refractivity contribution is 0.0837. The zero-order chi connectivity index (χ0) is 15.0. The summed E-state index contributed by atoms with van der Waals surface area (Å²) in [5.41, 5.74) is 0.885. The van der Waals surface area contributed by atoms with Gasteiger partial charge in [0.05, 0.1) is 13.0 Å². The Bertz CT molecular complexity index is 627. The Morgan fingerprint density at radius 2 is 1.81 bits per heavy atom. The van der Waals surface area contributed by atoms with E-state index >= 15 is 0 Å². The number of fused-ring (bicyclic) bond motifs is 1. The molecule has 0 spiro atoms. The summed E-state index contributed by atoms with van der Waals surface area (Å²) < 4.78 is 11.0. The molecule has 1 heterocycles. The molecule has 5 nitrogen and oxygen atoms in total. The highest BCUT2D eigenvalue weighted by molar-refractivity contribution is 5.37. The Kier molecular flexibility index (Phi) is 3.35. The first-order valence-electron chi connectivity index (χ1n) is 6.61. The van der Waals surface area contributed by atoms with Gasteiger partial charge in [-0.25, -0.2) is 0 Å². The summed E-state index contributed by atoms with van der Waals surface area (Å²) in [7, 11) is 1.45. The summed E-state index contributed by atoms with van der Waals surface area (Å²) in [6.45, 7) is 0. The molecule has 0 bridgehead atoms. The average molecular weight is 288 g/mol. The van der Waals surface area contributed by atoms with Crippen molar-refractivity contribution in [3.05, 3.63) is 65.3 Å². The van der Waals surface area contributed by atoms with Gasteiger partial charge in [0, 0.05) is 0 Å². The molecule has 2 aliphatic rings. The van der Waals surface area contributed by atoms with Gasteiger partial charge in [0.25, 0.3) is 0 Å². The third kappa shape index (κ3) is 2.36. The molecule has 0 fully saturated rings. The smallest absolute Gasteiger partial charge is 0.164 e. The predicted octanol–water partition coefficient (Wildman–Crippen LogP) is 2.31. The highest BCUT2D eigenvalue weighted by Gasteiger charge is 2.34. The second-order valence-electron chi connectivity index (χ2n) is 4.96. The van der Waals surface area contributed by atoms with Crippen LogP contribution in [0.4, 0.5) is 0 Å². The van der Waals surface area contributed by atoms with Gasteiger partial charge in [0.1, 0.15) is 23.7 Å². The standard InChI is InChI=1S/C16H16O5/c1-20-16-11-6-7-13(9-2-4-10(17)5-3-9)21-14(11)8-12(18)15(16)19/h2-8,11-13,17-19H,1H3. The number of methoxy groups -OCH3 is 1. The number of ether oxygens (including phenoxy) is 2. The van der Waals surface area contributed by atoms with Crippen molar-refractivity contribution in [2.24, 2.45) is 5.92 Å². The molecule has 0 saturated carbocycles. The maximum atomic E-state index is 9.83. The van der Waals surface area contributed by atoms with Crippen LogP contribution < -0.4 is 0 Å². The van der Waals surface area contributed by atoms with E-state index < -0.39 is 6.10 Å². The maximum Gasteiger partial charge on any atom is 0.164 e. The molecule has 5 heteroatoms. The third-order valence-corrected chi connectivity index (χ3v) is 3.63. The number of aliphatic hydroxyl groups is 2. The summed E-state index contributed by atoms with van der Waals surface area (Å²) in [5, 5.41) is 29.0. The van der Waals surface area contributed by atoms with Crippen LogP contribution in [0.15, 0.2) is 59.8 Å². The second-order valence-corrected chi connectivity index (χ2v) is 4.96. The van der Waals surface area contributed by atoms with E-state index in [-0.39, 0.29) is 23.5 Å². The van der Waals surface area contributed by atoms with Gasteiger partial charge in [-0.1, -0.05) is 18.2 Å². The van der Waals surface area contributed by atoms with Crippen molar-refractivity contribution in [2.45, 2.75) is 12.2 Å². The number of hydrogen-bond donors (Lipinski definition) is 3. The summed E-state index contributed by atoms with van der Waals surface area (Å²) >= 11 is 0. The molecule has 3 N–H and O–H groups in total. The van der Waals surface area contributed by atoms with E-state index in [9.17, 15) is 15.3 Å². The summed E-state index contributed by atoms with van der Waals surface area (Å²) in [5.74, 6) is 0.505. The topological polar surface area (TPSA) is 79.2 Å². The Labute approximate surface area is 122 Å². The van der Waals surface area contributed by atoms with Crippen LogP contribution in [0.1, 0.15) is 11.7 Å². The average Bonchev–Trinajstić information content (AvgIpc) is 2.49.